The molecule has 1 aromatic carbocycles. The van der Waals surface area contributed by atoms with Crippen molar-refractivity contribution in [3.63, 3.8) is 0 Å². The zero-order valence-electron chi connectivity index (χ0n) is 17.1. The number of aromatic amines is 1. The Labute approximate surface area is 180 Å². The second kappa shape index (κ2) is 7.23. The average Bonchev–Trinajstić information content (AvgIpc) is 3.11. The maximum atomic E-state index is 15.4. The van der Waals surface area contributed by atoms with Gasteiger partial charge in [-0.2, -0.15) is 10.2 Å². The summed E-state index contributed by atoms with van der Waals surface area (Å²) in [7, 11) is 3.59. The summed E-state index contributed by atoms with van der Waals surface area (Å²) in [5, 5.41) is 14.9. The topological polar surface area (TPSA) is 78.3 Å². The van der Waals surface area contributed by atoms with Gasteiger partial charge in [-0.25, -0.2) is 13.3 Å². The van der Waals surface area contributed by atoms with Crippen molar-refractivity contribution in [2.24, 2.45) is 5.92 Å². The summed E-state index contributed by atoms with van der Waals surface area (Å²) in [6.07, 6.45) is 4.49. The summed E-state index contributed by atoms with van der Waals surface area (Å²) in [6, 6.07) is 5.45. The van der Waals surface area contributed by atoms with E-state index in [0.29, 0.717) is 21.9 Å². The highest BCUT2D eigenvalue weighted by atomic mass is 32.2. The first-order valence-electron chi connectivity index (χ1n) is 9.73. The van der Waals surface area contributed by atoms with Gasteiger partial charge in [-0.05, 0) is 30.4 Å². The van der Waals surface area contributed by atoms with E-state index < -0.39 is 12.1 Å². The number of nitrogens with zero attached hydrogens (tertiary/aromatic N) is 4. The quantitative estimate of drug-likeness (QED) is 0.455. The summed E-state index contributed by atoms with van der Waals surface area (Å²) in [5.41, 5.74) is 3.36. The first-order chi connectivity index (χ1) is 14.9. The van der Waals surface area contributed by atoms with Gasteiger partial charge in [0.2, 0.25) is 5.91 Å². The van der Waals surface area contributed by atoms with E-state index in [0.717, 1.165) is 22.0 Å². The molecule has 0 spiro atoms. The minimum Gasteiger partial charge on any atom is -0.374 e. The van der Waals surface area contributed by atoms with Crippen LogP contribution in [0.3, 0.4) is 0 Å². The SMILES string of the molecule is CSc1c(F)c(N(C)C)c2[nH]ncc2c1-c1ccn2nc(NC(=O)C3CC3F)cc2c1. The van der Waals surface area contributed by atoms with Crippen molar-refractivity contribution in [2.75, 3.05) is 30.6 Å². The zero-order valence-corrected chi connectivity index (χ0v) is 17.9. The molecule has 31 heavy (non-hydrogen) atoms. The van der Waals surface area contributed by atoms with Gasteiger partial charge in [0.15, 0.2) is 11.6 Å². The van der Waals surface area contributed by atoms with Crippen LogP contribution >= 0.6 is 11.8 Å². The summed E-state index contributed by atoms with van der Waals surface area (Å²) < 4.78 is 30.2. The molecular weight excluding hydrogens is 422 g/mol. The molecule has 1 saturated carbocycles. The molecule has 3 aromatic heterocycles. The molecule has 5 rings (SSSR count). The van der Waals surface area contributed by atoms with Crippen LogP contribution in [0.5, 0.6) is 0 Å². The lowest BCUT2D eigenvalue weighted by Gasteiger charge is -2.19. The standard InChI is InChI=1S/C21H20F2N6OS/c1-28(2)19-17(23)20(31-3)16(13-9-24-26-18(13)19)10-4-5-29-11(6-10)7-15(27-29)25-21(30)12-8-14(12)22/h4-7,9,12,14H,8H2,1-3H3,(H,24,26)(H,25,27,30). The zero-order chi connectivity index (χ0) is 21.9. The Morgan fingerprint density at radius 2 is 2.16 bits per heavy atom. The number of thioether (sulfide) groups is 1. The van der Waals surface area contributed by atoms with E-state index >= 15 is 4.39 Å². The second-order valence-electron chi connectivity index (χ2n) is 7.79. The van der Waals surface area contributed by atoms with Crippen molar-refractivity contribution in [3.05, 3.63) is 36.4 Å². The minimum atomic E-state index is -1.06. The molecule has 0 saturated heterocycles. The molecule has 2 atom stereocenters. The number of fused-ring (bicyclic) bond motifs is 2. The number of nitrogens with one attached hydrogen (secondary N) is 2. The van der Waals surface area contributed by atoms with Crippen molar-refractivity contribution < 1.29 is 13.6 Å². The van der Waals surface area contributed by atoms with Gasteiger partial charge in [0.05, 0.1) is 33.7 Å². The molecule has 1 aliphatic carbocycles. The molecule has 7 nitrogen and oxygen atoms in total. The van der Waals surface area contributed by atoms with Crippen LogP contribution in [0, 0.1) is 11.7 Å². The number of carbonyl (C=O) groups is 1. The Kier molecular flexibility index (Phi) is 4.62. The maximum absolute atomic E-state index is 15.4. The number of anilines is 2. The number of pyridine rings is 1. The normalized spacial score (nSPS) is 18.0. The molecule has 0 bridgehead atoms. The Hall–Kier alpha value is -3.14. The van der Waals surface area contributed by atoms with Crippen LogP contribution in [0.15, 0.2) is 35.5 Å². The van der Waals surface area contributed by atoms with E-state index in [4.69, 9.17) is 0 Å². The number of halogens is 2. The largest absolute Gasteiger partial charge is 0.374 e. The van der Waals surface area contributed by atoms with Crippen molar-refractivity contribution in [1.82, 2.24) is 19.8 Å². The molecule has 3 heterocycles. The van der Waals surface area contributed by atoms with Gasteiger partial charge in [0.25, 0.3) is 0 Å². The van der Waals surface area contributed by atoms with Gasteiger partial charge < -0.3 is 10.2 Å². The van der Waals surface area contributed by atoms with Gasteiger partial charge in [-0.3, -0.25) is 9.89 Å². The highest BCUT2D eigenvalue weighted by Crippen LogP contribution is 2.43. The van der Waals surface area contributed by atoms with E-state index in [1.54, 1.807) is 42.0 Å². The predicted octanol–water partition coefficient (Wildman–Crippen LogP) is 4.10. The fourth-order valence-corrected chi connectivity index (χ4v) is 4.58. The highest BCUT2D eigenvalue weighted by molar-refractivity contribution is 7.98. The molecule has 2 N–H and O–H groups in total. The van der Waals surface area contributed by atoms with Crippen molar-refractivity contribution in [3.8, 4) is 11.1 Å². The number of carbonyl (C=O) groups excluding carboxylic acids is 1. The first-order valence-corrected chi connectivity index (χ1v) is 11.0. The van der Waals surface area contributed by atoms with E-state index in [-0.39, 0.29) is 18.1 Å². The summed E-state index contributed by atoms with van der Waals surface area (Å²) in [4.78, 5) is 14.3. The van der Waals surface area contributed by atoms with Crippen molar-refractivity contribution >= 4 is 45.6 Å². The molecule has 160 valence electrons. The van der Waals surface area contributed by atoms with Gasteiger partial charge in [-0.1, -0.05) is 0 Å². The fraction of sp³-hybridized carbons (Fsp3) is 0.286. The van der Waals surface area contributed by atoms with Crippen molar-refractivity contribution in [1.29, 1.82) is 0 Å². The number of rotatable bonds is 5. The van der Waals surface area contributed by atoms with Crippen LogP contribution in [0.25, 0.3) is 27.5 Å². The number of hydrogen-bond donors (Lipinski definition) is 2. The number of amides is 1. The molecular formula is C21H20F2N6OS. The Morgan fingerprint density at radius 1 is 1.39 bits per heavy atom. The molecule has 1 aliphatic rings. The number of benzene rings is 1. The molecule has 0 radical (unpaired) electrons. The van der Waals surface area contributed by atoms with Crippen LogP contribution in [0.4, 0.5) is 20.3 Å². The molecule has 0 aliphatic heterocycles. The van der Waals surface area contributed by atoms with E-state index in [1.165, 1.54) is 11.8 Å². The van der Waals surface area contributed by atoms with Crippen LogP contribution in [-0.4, -0.2) is 52.2 Å². The minimum absolute atomic E-state index is 0.260. The molecule has 1 amide bonds. The highest BCUT2D eigenvalue weighted by Gasteiger charge is 2.43. The maximum Gasteiger partial charge on any atom is 0.231 e. The molecule has 10 heteroatoms. The van der Waals surface area contributed by atoms with Crippen LogP contribution in [0.1, 0.15) is 6.42 Å². The predicted molar refractivity (Wildman–Crippen MR) is 118 cm³/mol. The third-order valence-electron chi connectivity index (χ3n) is 5.48. The Bertz CT molecular complexity index is 1330. The smallest absolute Gasteiger partial charge is 0.231 e. The van der Waals surface area contributed by atoms with Crippen LogP contribution < -0.4 is 10.2 Å². The Balaban J connectivity index is 1.61. The van der Waals surface area contributed by atoms with Crippen molar-refractivity contribution in [2.45, 2.75) is 17.5 Å². The molecule has 1 fully saturated rings. The third-order valence-corrected chi connectivity index (χ3v) is 6.28. The van der Waals surface area contributed by atoms with Gasteiger partial charge in [0.1, 0.15) is 6.17 Å². The number of H-pyrrole nitrogens is 1. The third kappa shape index (κ3) is 3.21. The second-order valence-corrected chi connectivity index (χ2v) is 8.60. The summed E-state index contributed by atoms with van der Waals surface area (Å²) in [5.74, 6) is -0.899. The van der Waals surface area contributed by atoms with Gasteiger partial charge >= 0.3 is 0 Å². The fourth-order valence-electron chi connectivity index (χ4n) is 3.87. The van der Waals surface area contributed by atoms with E-state index in [9.17, 15) is 9.18 Å². The van der Waals surface area contributed by atoms with Gasteiger partial charge in [0, 0.05) is 37.3 Å². The lowest BCUT2D eigenvalue weighted by molar-refractivity contribution is -0.117. The summed E-state index contributed by atoms with van der Waals surface area (Å²) in [6.45, 7) is 0. The van der Waals surface area contributed by atoms with Crippen LogP contribution in [0.2, 0.25) is 0 Å². The van der Waals surface area contributed by atoms with E-state index in [2.05, 4.69) is 20.6 Å². The number of hydrogen-bond acceptors (Lipinski definition) is 5. The van der Waals surface area contributed by atoms with Gasteiger partial charge in [-0.15, -0.1) is 11.8 Å². The number of alkyl halides is 1. The lowest BCUT2D eigenvalue weighted by Crippen LogP contribution is -2.15. The monoisotopic (exact) mass is 442 g/mol. The van der Waals surface area contributed by atoms with E-state index in [1.807, 2.05) is 18.4 Å². The first kappa shape index (κ1) is 19.8. The molecule has 2 unspecified atom stereocenters. The summed E-state index contributed by atoms with van der Waals surface area (Å²) >= 11 is 1.34. The Morgan fingerprint density at radius 3 is 2.84 bits per heavy atom. The molecule has 4 aromatic rings. The van der Waals surface area contributed by atoms with Crippen LogP contribution in [-0.2, 0) is 4.79 Å². The lowest BCUT2D eigenvalue weighted by atomic mass is 10.0. The average molecular weight is 442 g/mol. The number of aromatic nitrogens is 4.